The van der Waals surface area contributed by atoms with Crippen LogP contribution in [0.15, 0.2) is 18.2 Å². The van der Waals surface area contributed by atoms with Crippen LogP contribution in [-0.4, -0.2) is 52.9 Å². The standard InChI is InChI=1S/C12H15N5O.C5H9F3O.C3H6/c13-6-11-15-9-2-1-8(5-10(9)16-11)7-17-4-3-14-12(17)18;1-4(2,9-3)5(6,7)8;1-2-3-1/h1-2,5H,3-4,6-7,13H2,(H,14,18)(H,15,16);1-3H3;1-3H2. The lowest BCUT2D eigenvalue weighted by Gasteiger charge is -2.25. The Morgan fingerprint density at radius 3 is 2.33 bits per heavy atom. The van der Waals surface area contributed by atoms with Gasteiger partial charge in [-0.05, 0) is 31.5 Å². The van der Waals surface area contributed by atoms with Crippen LogP contribution in [0.2, 0.25) is 0 Å². The van der Waals surface area contributed by atoms with Crippen molar-refractivity contribution in [3.63, 3.8) is 0 Å². The van der Waals surface area contributed by atoms with Gasteiger partial charge in [0.2, 0.25) is 0 Å². The van der Waals surface area contributed by atoms with E-state index in [0.29, 0.717) is 13.1 Å². The van der Waals surface area contributed by atoms with E-state index in [1.807, 2.05) is 18.2 Å². The first-order valence-corrected chi connectivity index (χ1v) is 9.89. The number of benzene rings is 1. The van der Waals surface area contributed by atoms with Crippen molar-refractivity contribution >= 4 is 17.1 Å². The largest absolute Gasteiger partial charge is 0.416 e. The number of aromatic nitrogens is 2. The van der Waals surface area contributed by atoms with Crippen LogP contribution < -0.4 is 11.1 Å². The summed E-state index contributed by atoms with van der Waals surface area (Å²) in [6, 6.07) is 5.97. The molecule has 1 saturated heterocycles. The highest BCUT2D eigenvalue weighted by Gasteiger charge is 2.47. The summed E-state index contributed by atoms with van der Waals surface area (Å²) in [4.78, 5) is 20.8. The van der Waals surface area contributed by atoms with Gasteiger partial charge in [-0.25, -0.2) is 9.78 Å². The molecule has 0 bridgehead atoms. The van der Waals surface area contributed by atoms with E-state index >= 15 is 0 Å². The lowest BCUT2D eigenvalue weighted by molar-refractivity contribution is -0.255. The molecule has 1 aromatic heterocycles. The van der Waals surface area contributed by atoms with Crippen molar-refractivity contribution in [3.8, 4) is 0 Å². The van der Waals surface area contributed by atoms with E-state index < -0.39 is 11.8 Å². The van der Waals surface area contributed by atoms with E-state index in [1.165, 1.54) is 19.3 Å². The number of rotatable bonds is 4. The lowest BCUT2D eigenvalue weighted by atomic mass is 10.1. The van der Waals surface area contributed by atoms with Crippen molar-refractivity contribution in [1.82, 2.24) is 20.2 Å². The number of methoxy groups -OCH3 is 1. The van der Waals surface area contributed by atoms with Gasteiger partial charge in [0.15, 0.2) is 5.60 Å². The Kier molecular flexibility index (Phi) is 8.08. The summed E-state index contributed by atoms with van der Waals surface area (Å²) in [6.07, 6.45) is 0.224. The molecule has 2 aromatic rings. The van der Waals surface area contributed by atoms with Crippen LogP contribution in [0, 0.1) is 0 Å². The smallest absolute Gasteiger partial charge is 0.369 e. The number of alkyl halides is 3. The second-order valence-corrected chi connectivity index (χ2v) is 7.67. The fraction of sp³-hybridized carbons (Fsp3) is 0.600. The average Bonchev–Trinajstić information content (AvgIpc) is 3.44. The molecule has 1 aromatic carbocycles. The van der Waals surface area contributed by atoms with Gasteiger partial charge >= 0.3 is 12.2 Å². The number of hydrogen-bond acceptors (Lipinski definition) is 4. The average molecular weight is 429 g/mol. The van der Waals surface area contributed by atoms with E-state index in [0.717, 1.165) is 56.5 Å². The predicted octanol–water partition coefficient (Wildman–Crippen LogP) is 3.69. The van der Waals surface area contributed by atoms with Crippen molar-refractivity contribution in [2.24, 2.45) is 5.73 Å². The zero-order chi connectivity index (χ0) is 22.4. The zero-order valence-electron chi connectivity index (χ0n) is 17.6. The molecule has 2 aliphatic rings. The maximum Gasteiger partial charge on any atom is 0.416 e. The van der Waals surface area contributed by atoms with E-state index in [1.54, 1.807) is 4.90 Å². The molecule has 2 amide bonds. The van der Waals surface area contributed by atoms with Crippen molar-refractivity contribution in [2.45, 2.75) is 58.0 Å². The van der Waals surface area contributed by atoms with E-state index in [9.17, 15) is 18.0 Å². The minimum absolute atomic E-state index is 0.00218. The first kappa shape index (κ1) is 23.9. The first-order valence-electron chi connectivity index (χ1n) is 9.89. The number of aromatic amines is 1. The van der Waals surface area contributed by atoms with Crippen molar-refractivity contribution in [1.29, 1.82) is 0 Å². The number of hydrogen-bond donors (Lipinski definition) is 3. The maximum atomic E-state index is 11.7. The highest BCUT2D eigenvalue weighted by Crippen LogP contribution is 2.31. The fourth-order valence-electron chi connectivity index (χ4n) is 2.30. The molecule has 168 valence electrons. The molecule has 0 atom stereocenters. The summed E-state index contributed by atoms with van der Waals surface area (Å²) in [5, 5.41) is 2.79. The maximum absolute atomic E-state index is 11.7. The molecule has 7 nitrogen and oxygen atoms in total. The van der Waals surface area contributed by atoms with Crippen molar-refractivity contribution < 1.29 is 22.7 Å². The second kappa shape index (κ2) is 10.1. The van der Waals surface area contributed by atoms with Crippen molar-refractivity contribution in [3.05, 3.63) is 29.6 Å². The number of ether oxygens (including phenoxy) is 1. The van der Waals surface area contributed by atoms with E-state index in [4.69, 9.17) is 5.73 Å². The van der Waals surface area contributed by atoms with E-state index in [2.05, 4.69) is 20.0 Å². The van der Waals surface area contributed by atoms with Crippen molar-refractivity contribution in [2.75, 3.05) is 20.2 Å². The Hall–Kier alpha value is -2.33. The number of carbonyl (C=O) groups is 1. The van der Waals surface area contributed by atoms with Crippen LogP contribution in [0.5, 0.6) is 0 Å². The highest BCUT2D eigenvalue weighted by atomic mass is 19.4. The molecule has 1 aliphatic heterocycles. The third-order valence-corrected chi connectivity index (χ3v) is 4.65. The van der Waals surface area contributed by atoms with Gasteiger partial charge in [-0.3, -0.25) is 0 Å². The van der Waals surface area contributed by atoms with E-state index in [-0.39, 0.29) is 6.03 Å². The third-order valence-electron chi connectivity index (χ3n) is 4.65. The molecule has 10 heteroatoms. The molecular formula is C20H30F3N5O2. The predicted molar refractivity (Wildman–Crippen MR) is 109 cm³/mol. The fourth-order valence-corrected chi connectivity index (χ4v) is 2.30. The molecule has 4 N–H and O–H groups in total. The highest BCUT2D eigenvalue weighted by molar-refractivity contribution is 5.77. The van der Waals surface area contributed by atoms with Crippen LogP contribution in [0.25, 0.3) is 11.0 Å². The molecule has 0 spiro atoms. The number of H-pyrrole nitrogens is 1. The van der Waals surface area contributed by atoms with Crippen LogP contribution in [0.4, 0.5) is 18.0 Å². The number of nitrogens with two attached hydrogens (primary N) is 1. The molecule has 0 radical (unpaired) electrons. The number of urea groups is 1. The number of halogens is 3. The van der Waals surface area contributed by atoms with Crippen LogP contribution in [0.1, 0.15) is 44.5 Å². The number of nitrogens with one attached hydrogen (secondary N) is 2. The van der Waals surface area contributed by atoms with Gasteiger partial charge in [0.05, 0.1) is 17.6 Å². The molecule has 2 heterocycles. The van der Waals surface area contributed by atoms with Gasteiger partial charge in [0.1, 0.15) is 5.82 Å². The molecular weight excluding hydrogens is 399 g/mol. The molecule has 4 rings (SSSR count). The minimum atomic E-state index is -4.28. The van der Waals surface area contributed by atoms with Gasteiger partial charge in [0, 0.05) is 26.7 Å². The van der Waals surface area contributed by atoms with Crippen LogP contribution in [-0.2, 0) is 17.8 Å². The quantitative estimate of drug-likeness (QED) is 0.691. The summed E-state index contributed by atoms with van der Waals surface area (Å²) in [7, 11) is 1.04. The summed E-state index contributed by atoms with van der Waals surface area (Å²) in [5.74, 6) is 0.779. The topological polar surface area (TPSA) is 96.3 Å². The molecule has 2 fully saturated rings. The Labute approximate surface area is 174 Å². The van der Waals surface area contributed by atoms with Crippen LogP contribution in [0.3, 0.4) is 0 Å². The number of imidazole rings is 1. The lowest BCUT2D eigenvalue weighted by Crippen LogP contribution is -2.40. The number of carbonyl (C=O) groups excluding carboxylic acids is 1. The van der Waals surface area contributed by atoms with Gasteiger partial charge < -0.3 is 25.7 Å². The van der Waals surface area contributed by atoms with Gasteiger partial charge in [-0.15, -0.1) is 0 Å². The number of amides is 2. The molecule has 1 saturated carbocycles. The zero-order valence-corrected chi connectivity index (χ0v) is 17.6. The second-order valence-electron chi connectivity index (χ2n) is 7.67. The first-order chi connectivity index (χ1) is 14.1. The number of nitrogens with zero attached hydrogens (tertiary/aromatic N) is 2. The summed E-state index contributed by atoms with van der Waals surface area (Å²) in [5.41, 5.74) is 6.49. The molecule has 1 aliphatic carbocycles. The minimum Gasteiger partial charge on any atom is -0.369 e. The molecule has 0 unspecified atom stereocenters. The monoisotopic (exact) mass is 429 g/mol. The van der Waals surface area contributed by atoms with Crippen LogP contribution >= 0.6 is 0 Å². The Bertz CT molecular complexity index is 831. The Morgan fingerprint density at radius 2 is 1.90 bits per heavy atom. The molecule has 30 heavy (non-hydrogen) atoms. The Balaban J connectivity index is 0.000000223. The summed E-state index contributed by atoms with van der Waals surface area (Å²) < 4.78 is 39.3. The third kappa shape index (κ3) is 6.88. The summed E-state index contributed by atoms with van der Waals surface area (Å²) >= 11 is 0. The SMILES string of the molecule is C1CC1.COC(C)(C)C(F)(F)F.NCc1nc2ccc(CN3CCNC3=O)cc2[nH]1. The Morgan fingerprint density at radius 1 is 1.23 bits per heavy atom. The number of fused-ring (bicyclic) bond motifs is 1. The normalized spacial score (nSPS) is 15.8. The van der Waals surface area contributed by atoms with Gasteiger partial charge in [-0.1, -0.05) is 25.3 Å². The van der Waals surface area contributed by atoms with Gasteiger partial charge in [0.25, 0.3) is 0 Å². The summed E-state index contributed by atoms with van der Waals surface area (Å²) in [6.45, 7) is 4.47. The van der Waals surface area contributed by atoms with Gasteiger partial charge in [-0.2, -0.15) is 13.2 Å².